The summed E-state index contributed by atoms with van der Waals surface area (Å²) >= 11 is 0.138. The first-order chi connectivity index (χ1) is 18.7. The van der Waals surface area contributed by atoms with Crippen molar-refractivity contribution < 1.29 is 18.4 Å². The average molecular weight is 643 g/mol. The first kappa shape index (κ1) is 28.0. The molecular weight excluding hydrogens is 610 g/mol. The molecule has 4 rings (SSSR count). The number of rotatable bonds is 15. The maximum absolute atomic E-state index is 12.9. The topological polar surface area (TPSA) is 84.5 Å². The Morgan fingerprint density at radius 1 is 0.579 bits per heavy atom. The summed E-state index contributed by atoms with van der Waals surface area (Å²) < 4.78 is 12.9. The number of unbranched alkanes of at least 4 members (excludes halogenated alkanes) is 2. The van der Waals surface area contributed by atoms with Crippen molar-refractivity contribution in [3.05, 3.63) is 108 Å². The zero-order chi connectivity index (χ0) is 26.4. The van der Waals surface area contributed by atoms with Crippen molar-refractivity contribution in [3.8, 4) is 0 Å². The zero-order valence-electron chi connectivity index (χ0n) is 21.2. The van der Waals surface area contributed by atoms with Crippen LogP contribution < -0.4 is 19.6 Å². The van der Waals surface area contributed by atoms with Crippen molar-refractivity contribution in [2.45, 2.75) is 38.5 Å². The molecule has 2 aromatic heterocycles. The molecule has 0 unspecified atom stereocenters. The van der Waals surface area contributed by atoms with E-state index in [0.29, 0.717) is 13.1 Å². The summed E-state index contributed by atoms with van der Waals surface area (Å²) in [7, 11) is 0. The van der Waals surface area contributed by atoms with Crippen molar-refractivity contribution in [2.75, 3.05) is 13.1 Å². The Balaban J connectivity index is 1.24. The van der Waals surface area contributed by atoms with Gasteiger partial charge in [0, 0.05) is 0 Å². The average Bonchev–Trinajstić information content (AvgIpc) is 3.66. The normalized spacial score (nSPS) is 10.8. The van der Waals surface area contributed by atoms with Gasteiger partial charge < -0.3 is 0 Å². The summed E-state index contributed by atoms with van der Waals surface area (Å²) in [5.41, 5.74) is 1.47. The van der Waals surface area contributed by atoms with Crippen LogP contribution in [0.5, 0.6) is 0 Å². The molecule has 0 saturated heterocycles. The molecule has 0 aliphatic rings. The van der Waals surface area contributed by atoms with Gasteiger partial charge in [-0.1, -0.05) is 0 Å². The second-order valence-electron chi connectivity index (χ2n) is 8.74. The van der Waals surface area contributed by atoms with E-state index in [0.717, 1.165) is 70.1 Å². The fourth-order valence-corrected chi connectivity index (χ4v) is 11.0. The molecule has 2 N–H and O–H groups in total. The molecule has 0 bridgehead atoms. The second-order valence-corrected chi connectivity index (χ2v) is 14.9. The van der Waals surface area contributed by atoms with Gasteiger partial charge >= 0.3 is 236 Å². The van der Waals surface area contributed by atoms with Crippen molar-refractivity contribution >= 4 is 47.0 Å². The van der Waals surface area contributed by atoms with Crippen molar-refractivity contribution in [2.24, 2.45) is 0 Å². The van der Waals surface area contributed by atoms with Crippen LogP contribution in [0.25, 0.3) is 0 Å². The Bertz CT molecular complexity index is 1170. The Morgan fingerprint density at radius 3 is 1.45 bits per heavy atom. The molecular formula is C30H32N2O4Se2. The third kappa shape index (κ3) is 8.78. The number of carbonyl (C=O) groups is 2. The van der Waals surface area contributed by atoms with Crippen LogP contribution in [0.2, 0.25) is 0 Å². The molecule has 2 heterocycles. The van der Waals surface area contributed by atoms with Crippen molar-refractivity contribution in [1.29, 1.82) is 0 Å². The van der Waals surface area contributed by atoms with Gasteiger partial charge in [-0.05, 0) is 0 Å². The van der Waals surface area contributed by atoms with Crippen LogP contribution >= 0.6 is 0 Å². The van der Waals surface area contributed by atoms with Gasteiger partial charge in [-0.15, -0.1) is 0 Å². The third-order valence-electron chi connectivity index (χ3n) is 5.92. The number of amides is 2. The van der Waals surface area contributed by atoms with E-state index >= 15 is 0 Å². The van der Waals surface area contributed by atoms with Crippen LogP contribution in [0.1, 0.15) is 57.9 Å². The molecule has 0 aliphatic carbocycles. The first-order valence-electron chi connectivity index (χ1n) is 12.8. The third-order valence-corrected chi connectivity index (χ3v) is 13.2. The Labute approximate surface area is 234 Å². The molecule has 198 valence electrons. The molecule has 6 nitrogen and oxygen atoms in total. The number of hydrogen-bond acceptors (Lipinski definition) is 4. The van der Waals surface area contributed by atoms with Gasteiger partial charge in [0.05, 0.1) is 0 Å². The van der Waals surface area contributed by atoms with Gasteiger partial charge in [-0.2, -0.15) is 0 Å². The minimum absolute atomic E-state index is 0.0307. The number of furan rings is 2. The molecule has 0 atom stereocenters. The fourth-order valence-electron chi connectivity index (χ4n) is 3.90. The first-order valence-corrected chi connectivity index (χ1v) is 18.9. The zero-order valence-corrected chi connectivity index (χ0v) is 24.6. The standard InChI is InChI=1S/C30H32N2O4Se2/c33-29(31-19-7-5-11-23-13-9-21-35-23)25-15-1-3-17-27(25)37-38-28-18-4-2-16-26(28)30(34)32-20-8-6-12-24-14-10-22-36-24/h1-4,9-10,13-18,21-22H,5-8,11-12,19-20H2,(H,31,33)(H,32,34). The maximum atomic E-state index is 12.9. The van der Waals surface area contributed by atoms with Gasteiger partial charge in [0.2, 0.25) is 0 Å². The second kappa shape index (κ2) is 15.4. The summed E-state index contributed by atoms with van der Waals surface area (Å²) in [6.45, 7) is 1.27. The predicted molar refractivity (Wildman–Crippen MR) is 152 cm³/mol. The van der Waals surface area contributed by atoms with E-state index < -0.39 is 0 Å². The molecule has 8 heteroatoms. The molecule has 0 radical (unpaired) electrons. The van der Waals surface area contributed by atoms with Crippen LogP contribution in [-0.2, 0) is 12.8 Å². The summed E-state index contributed by atoms with van der Waals surface area (Å²) in [4.78, 5) is 25.8. The van der Waals surface area contributed by atoms with Gasteiger partial charge in [0.15, 0.2) is 0 Å². The number of aryl methyl sites for hydroxylation is 2. The SMILES string of the molecule is O=C(NCCCCc1ccco1)c1ccccc1[Se][Se]c1ccccc1C(=O)NCCCCc1ccco1. The number of carbonyl (C=O) groups excluding carboxylic acids is 2. The summed E-state index contributed by atoms with van der Waals surface area (Å²) in [5.74, 6) is 1.89. The van der Waals surface area contributed by atoms with Crippen LogP contribution in [0.4, 0.5) is 0 Å². The molecule has 0 spiro atoms. The summed E-state index contributed by atoms with van der Waals surface area (Å²) in [6.07, 6.45) is 8.85. The molecule has 0 saturated carbocycles. The molecule has 2 amide bonds. The van der Waals surface area contributed by atoms with E-state index in [1.807, 2.05) is 72.8 Å². The molecule has 0 aliphatic heterocycles. The monoisotopic (exact) mass is 644 g/mol. The van der Waals surface area contributed by atoms with Crippen LogP contribution in [0, 0.1) is 0 Å². The van der Waals surface area contributed by atoms with Crippen molar-refractivity contribution in [1.82, 2.24) is 10.6 Å². The number of hydrogen-bond donors (Lipinski definition) is 2. The van der Waals surface area contributed by atoms with Gasteiger partial charge in [0.25, 0.3) is 0 Å². The minimum atomic E-state index is -0.0307. The van der Waals surface area contributed by atoms with E-state index in [1.54, 1.807) is 12.5 Å². The number of nitrogens with one attached hydrogen (secondary N) is 2. The van der Waals surface area contributed by atoms with Crippen molar-refractivity contribution in [3.63, 3.8) is 0 Å². The number of benzene rings is 2. The fraction of sp³-hybridized carbons (Fsp3) is 0.267. The van der Waals surface area contributed by atoms with E-state index in [-0.39, 0.29) is 38.1 Å². The van der Waals surface area contributed by atoms with Gasteiger partial charge in [0.1, 0.15) is 0 Å². The summed E-state index contributed by atoms with van der Waals surface area (Å²) in [6, 6.07) is 23.4. The quantitative estimate of drug-likeness (QED) is 0.153. The van der Waals surface area contributed by atoms with E-state index in [4.69, 9.17) is 8.83 Å². The van der Waals surface area contributed by atoms with Crippen LogP contribution in [0.3, 0.4) is 0 Å². The van der Waals surface area contributed by atoms with Gasteiger partial charge in [-0.25, -0.2) is 0 Å². The predicted octanol–water partition coefficient (Wildman–Crippen LogP) is 3.65. The van der Waals surface area contributed by atoms with Crippen LogP contribution in [0.15, 0.2) is 94.2 Å². The Morgan fingerprint density at radius 2 is 1.03 bits per heavy atom. The van der Waals surface area contributed by atoms with E-state index in [9.17, 15) is 9.59 Å². The summed E-state index contributed by atoms with van der Waals surface area (Å²) in [5, 5.41) is 6.13. The molecule has 2 aromatic carbocycles. The van der Waals surface area contributed by atoms with Gasteiger partial charge in [-0.3, -0.25) is 0 Å². The molecule has 38 heavy (non-hydrogen) atoms. The Kier molecular flexibility index (Phi) is 11.4. The van der Waals surface area contributed by atoms with Crippen LogP contribution in [-0.4, -0.2) is 51.2 Å². The molecule has 0 fully saturated rings. The van der Waals surface area contributed by atoms with E-state index in [1.165, 1.54) is 0 Å². The Hall–Kier alpha value is -3.02. The van der Waals surface area contributed by atoms with E-state index in [2.05, 4.69) is 10.6 Å². The molecule has 4 aromatic rings.